The first-order valence-corrected chi connectivity index (χ1v) is 6.18. The van der Waals surface area contributed by atoms with Crippen molar-refractivity contribution in [2.45, 2.75) is 20.3 Å². The van der Waals surface area contributed by atoms with E-state index >= 15 is 0 Å². The van der Waals surface area contributed by atoms with Crippen LogP contribution < -0.4 is 5.32 Å². The highest BCUT2D eigenvalue weighted by Gasteiger charge is 1.98. The number of nitrogens with one attached hydrogen (secondary N) is 2. The quantitative estimate of drug-likeness (QED) is 0.567. The highest BCUT2D eigenvalue weighted by molar-refractivity contribution is 7.71. The van der Waals surface area contributed by atoms with E-state index < -0.39 is 0 Å². The van der Waals surface area contributed by atoms with E-state index in [1.807, 2.05) is 6.07 Å². The number of aromatic nitrogens is 2. The van der Waals surface area contributed by atoms with E-state index in [1.165, 1.54) is 0 Å². The van der Waals surface area contributed by atoms with Crippen LogP contribution in [-0.2, 0) is 0 Å². The lowest BCUT2D eigenvalue weighted by Crippen LogP contribution is -2.25. The van der Waals surface area contributed by atoms with Crippen LogP contribution in [0.4, 0.5) is 5.82 Å². The van der Waals surface area contributed by atoms with Gasteiger partial charge in [-0.2, -0.15) is 0 Å². The molecule has 1 aromatic heterocycles. The summed E-state index contributed by atoms with van der Waals surface area (Å²) < 4.78 is 0.616. The Morgan fingerprint density at radius 2 is 2.19 bits per heavy atom. The summed E-state index contributed by atoms with van der Waals surface area (Å²) in [5.74, 6) is 0.944. The first-order valence-electron chi connectivity index (χ1n) is 5.77. The molecule has 90 valence electrons. The molecule has 0 saturated carbocycles. The third-order valence-corrected chi connectivity index (χ3v) is 2.76. The molecule has 0 aromatic carbocycles. The van der Waals surface area contributed by atoms with E-state index in [2.05, 4.69) is 34.0 Å². The molecule has 0 aliphatic carbocycles. The van der Waals surface area contributed by atoms with E-state index in [-0.39, 0.29) is 0 Å². The molecular weight excluding hydrogens is 220 g/mol. The molecule has 0 aliphatic rings. The third kappa shape index (κ3) is 4.72. The fourth-order valence-electron chi connectivity index (χ4n) is 1.54. The van der Waals surface area contributed by atoms with Gasteiger partial charge < -0.3 is 15.2 Å². The van der Waals surface area contributed by atoms with Gasteiger partial charge >= 0.3 is 0 Å². The van der Waals surface area contributed by atoms with Gasteiger partial charge in [0.2, 0.25) is 0 Å². The van der Waals surface area contributed by atoms with E-state index in [0.29, 0.717) is 4.64 Å². The van der Waals surface area contributed by atoms with Crippen LogP contribution >= 0.6 is 12.2 Å². The minimum absolute atomic E-state index is 0.616. The molecular formula is C11H20N4S. The van der Waals surface area contributed by atoms with Gasteiger partial charge in [-0.05, 0) is 26.1 Å². The van der Waals surface area contributed by atoms with Crippen molar-refractivity contribution in [3.05, 3.63) is 17.0 Å². The second kappa shape index (κ2) is 7.35. The number of anilines is 1. The second-order valence-electron chi connectivity index (χ2n) is 3.61. The van der Waals surface area contributed by atoms with Crippen LogP contribution in [0, 0.1) is 4.64 Å². The lowest BCUT2D eigenvalue weighted by molar-refractivity contribution is 0.303. The van der Waals surface area contributed by atoms with Gasteiger partial charge in [0.25, 0.3) is 0 Å². The van der Waals surface area contributed by atoms with Gasteiger partial charge in [-0.1, -0.05) is 26.1 Å². The Labute approximate surface area is 102 Å². The topological polar surface area (TPSA) is 44.0 Å². The molecule has 0 atom stereocenters. The number of H-pyrrole nitrogens is 1. The van der Waals surface area contributed by atoms with Crippen molar-refractivity contribution in [2.75, 3.05) is 31.5 Å². The summed E-state index contributed by atoms with van der Waals surface area (Å²) in [6, 6.07) is 1.84. The molecule has 5 heteroatoms. The summed E-state index contributed by atoms with van der Waals surface area (Å²) in [5.41, 5.74) is 0. The number of rotatable bonds is 7. The normalized spacial score (nSPS) is 10.7. The number of hydrogen-bond acceptors (Lipinski definition) is 4. The maximum atomic E-state index is 4.98. The van der Waals surface area contributed by atoms with Gasteiger partial charge in [0.1, 0.15) is 10.5 Å². The molecule has 0 spiro atoms. The van der Waals surface area contributed by atoms with E-state index in [0.717, 1.165) is 38.4 Å². The van der Waals surface area contributed by atoms with Crippen LogP contribution in [0.25, 0.3) is 0 Å². The van der Waals surface area contributed by atoms with Gasteiger partial charge in [0, 0.05) is 12.6 Å². The molecule has 0 radical (unpaired) electrons. The van der Waals surface area contributed by atoms with Crippen LogP contribution in [-0.4, -0.2) is 41.0 Å². The van der Waals surface area contributed by atoms with Crippen molar-refractivity contribution in [3.63, 3.8) is 0 Å². The molecule has 1 rings (SSSR count). The summed E-state index contributed by atoms with van der Waals surface area (Å²) in [7, 11) is 0. The molecule has 1 aromatic rings. The summed E-state index contributed by atoms with van der Waals surface area (Å²) in [6.45, 7) is 8.70. The van der Waals surface area contributed by atoms with Crippen LogP contribution in [0.3, 0.4) is 0 Å². The maximum absolute atomic E-state index is 4.98. The molecule has 1 heterocycles. The molecule has 0 aliphatic heterocycles. The minimum Gasteiger partial charge on any atom is -0.371 e. The van der Waals surface area contributed by atoms with Crippen LogP contribution in [0.2, 0.25) is 0 Å². The summed E-state index contributed by atoms with van der Waals surface area (Å²) in [4.78, 5) is 9.37. The maximum Gasteiger partial charge on any atom is 0.131 e. The Morgan fingerprint density at radius 1 is 1.44 bits per heavy atom. The minimum atomic E-state index is 0.616. The largest absolute Gasteiger partial charge is 0.371 e. The zero-order valence-corrected chi connectivity index (χ0v) is 10.8. The smallest absolute Gasteiger partial charge is 0.131 e. The Balaban J connectivity index is 2.23. The zero-order chi connectivity index (χ0) is 11.8. The Kier molecular flexibility index (Phi) is 6.03. The standard InChI is InChI=1S/C11H20N4S/c1-3-15(4-2)7-5-6-12-10-8-11(16)14-9-13-10/h8-9H,3-7H2,1-2H3,(H2,12,13,14,16). The molecule has 4 nitrogen and oxygen atoms in total. The Morgan fingerprint density at radius 3 is 2.81 bits per heavy atom. The number of aromatic amines is 1. The Bertz CT molecular complexity index is 346. The lowest BCUT2D eigenvalue weighted by Gasteiger charge is -2.17. The van der Waals surface area contributed by atoms with Gasteiger partial charge in [-0.15, -0.1) is 0 Å². The number of nitrogens with zero attached hydrogens (tertiary/aromatic N) is 2. The highest BCUT2D eigenvalue weighted by Crippen LogP contribution is 2.00. The predicted octanol–water partition coefficient (Wildman–Crippen LogP) is 2.28. The molecule has 0 fully saturated rings. The van der Waals surface area contributed by atoms with Crippen LogP contribution in [0.15, 0.2) is 12.4 Å². The average Bonchev–Trinajstić information content (AvgIpc) is 2.29. The summed E-state index contributed by atoms with van der Waals surface area (Å²) in [6.07, 6.45) is 2.75. The van der Waals surface area contributed by atoms with Gasteiger partial charge in [-0.25, -0.2) is 4.98 Å². The first-order chi connectivity index (χ1) is 7.76. The van der Waals surface area contributed by atoms with E-state index in [4.69, 9.17) is 12.2 Å². The fraction of sp³-hybridized carbons (Fsp3) is 0.636. The van der Waals surface area contributed by atoms with E-state index in [9.17, 15) is 0 Å². The molecule has 0 saturated heterocycles. The number of hydrogen-bond donors (Lipinski definition) is 2. The Hall–Kier alpha value is -0.940. The molecule has 0 unspecified atom stereocenters. The lowest BCUT2D eigenvalue weighted by atomic mass is 10.3. The highest BCUT2D eigenvalue weighted by atomic mass is 32.1. The second-order valence-corrected chi connectivity index (χ2v) is 4.02. The molecule has 0 bridgehead atoms. The van der Waals surface area contributed by atoms with Crippen LogP contribution in [0.5, 0.6) is 0 Å². The van der Waals surface area contributed by atoms with Crippen molar-refractivity contribution in [3.8, 4) is 0 Å². The first kappa shape index (κ1) is 13.1. The van der Waals surface area contributed by atoms with Crippen molar-refractivity contribution in [1.29, 1.82) is 0 Å². The van der Waals surface area contributed by atoms with Crippen molar-refractivity contribution >= 4 is 18.0 Å². The monoisotopic (exact) mass is 240 g/mol. The summed E-state index contributed by atoms with van der Waals surface area (Å²) >= 11 is 4.98. The van der Waals surface area contributed by atoms with Gasteiger partial charge in [-0.3, -0.25) is 0 Å². The molecule has 16 heavy (non-hydrogen) atoms. The zero-order valence-electron chi connectivity index (χ0n) is 9.99. The van der Waals surface area contributed by atoms with Gasteiger partial charge in [0.15, 0.2) is 0 Å². The fourth-order valence-corrected chi connectivity index (χ4v) is 1.71. The predicted molar refractivity (Wildman–Crippen MR) is 70.3 cm³/mol. The molecule has 0 amide bonds. The molecule has 2 N–H and O–H groups in total. The van der Waals surface area contributed by atoms with Crippen molar-refractivity contribution < 1.29 is 0 Å². The van der Waals surface area contributed by atoms with Gasteiger partial charge in [0.05, 0.1) is 6.33 Å². The SMILES string of the molecule is CCN(CC)CCCNc1cc(=S)nc[nH]1. The summed E-state index contributed by atoms with van der Waals surface area (Å²) in [5, 5.41) is 3.30. The average molecular weight is 240 g/mol. The third-order valence-electron chi connectivity index (χ3n) is 2.54. The van der Waals surface area contributed by atoms with Crippen molar-refractivity contribution in [1.82, 2.24) is 14.9 Å². The van der Waals surface area contributed by atoms with Crippen molar-refractivity contribution in [2.24, 2.45) is 0 Å². The van der Waals surface area contributed by atoms with E-state index in [1.54, 1.807) is 6.33 Å². The van der Waals surface area contributed by atoms with Crippen LogP contribution in [0.1, 0.15) is 20.3 Å².